The van der Waals surface area contributed by atoms with Crippen molar-refractivity contribution in [1.29, 1.82) is 0 Å². The van der Waals surface area contributed by atoms with Crippen molar-refractivity contribution in [3.05, 3.63) is 34.4 Å². The Morgan fingerprint density at radius 2 is 2.19 bits per heavy atom. The van der Waals surface area contributed by atoms with Gasteiger partial charge in [-0.05, 0) is 25.0 Å². The second-order valence-corrected chi connectivity index (χ2v) is 9.13. The highest BCUT2D eigenvalue weighted by atomic mass is 35.5. The Balaban J connectivity index is 1.68. The molecule has 0 amide bonds. The van der Waals surface area contributed by atoms with Crippen LogP contribution < -0.4 is 9.46 Å². The zero-order valence-electron chi connectivity index (χ0n) is 14.7. The summed E-state index contributed by atoms with van der Waals surface area (Å²) in [6.07, 6.45) is 2.18. The molecule has 0 aliphatic carbocycles. The monoisotopic (exact) mass is 396 g/mol. The number of halogens is 1. The average Bonchev–Trinajstić information content (AvgIpc) is 3.20. The van der Waals surface area contributed by atoms with E-state index in [2.05, 4.69) is 14.8 Å². The summed E-state index contributed by atoms with van der Waals surface area (Å²) in [6.45, 7) is 5.26. The van der Waals surface area contributed by atoms with Gasteiger partial charge in [0.15, 0.2) is 5.82 Å². The third-order valence-corrected chi connectivity index (χ3v) is 6.40. The highest BCUT2D eigenvalue weighted by Crippen LogP contribution is 2.37. The van der Waals surface area contributed by atoms with Gasteiger partial charge in [-0.3, -0.25) is 0 Å². The number of sulfonamides is 1. The molecule has 2 aliphatic rings. The summed E-state index contributed by atoms with van der Waals surface area (Å²) < 4.78 is 36.3. The van der Waals surface area contributed by atoms with Gasteiger partial charge in [0, 0.05) is 29.5 Å². The van der Waals surface area contributed by atoms with Crippen molar-refractivity contribution in [1.82, 2.24) is 19.5 Å². The van der Waals surface area contributed by atoms with E-state index in [1.807, 2.05) is 18.5 Å². The average molecular weight is 397 g/mol. The highest BCUT2D eigenvalue weighted by molar-refractivity contribution is 7.89. The third kappa shape index (κ3) is 3.10. The molecule has 2 aromatic rings. The molecule has 0 bridgehead atoms. The van der Waals surface area contributed by atoms with Gasteiger partial charge in [0.2, 0.25) is 10.0 Å². The Kier molecular flexibility index (Phi) is 4.45. The van der Waals surface area contributed by atoms with E-state index in [4.69, 9.17) is 16.3 Å². The molecule has 1 atom stereocenters. The zero-order chi connectivity index (χ0) is 18.5. The van der Waals surface area contributed by atoms with Crippen LogP contribution in [-0.2, 0) is 23.0 Å². The lowest BCUT2D eigenvalue weighted by Crippen LogP contribution is -2.33. The van der Waals surface area contributed by atoms with Gasteiger partial charge in [0.05, 0.1) is 12.6 Å². The third-order valence-electron chi connectivity index (χ3n) is 4.71. The van der Waals surface area contributed by atoms with E-state index in [-0.39, 0.29) is 10.8 Å². The number of hydrogen-bond donors (Lipinski definition) is 1. The predicted molar refractivity (Wildman–Crippen MR) is 97.1 cm³/mol. The van der Waals surface area contributed by atoms with Gasteiger partial charge < -0.3 is 4.74 Å². The van der Waals surface area contributed by atoms with Crippen LogP contribution in [0.1, 0.15) is 55.9 Å². The number of ether oxygens (including phenoxy) is 1. The first kappa shape index (κ1) is 17.8. The van der Waals surface area contributed by atoms with Crippen LogP contribution in [0, 0.1) is 0 Å². The molecular formula is C17H21ClN4O3S. The van der Waals surface area contributed by atoms with Gasteiger partial charge in [0.1, 0.15) is 16.5 Å². The number of hydrogen-bond acceptors (Lipinski definition) is 5. The van der Waals surface area contributed by atoms with E-state index in [0.29, 0.717) is 36.0 Å². The normalized spacial score (nSPS) is 19.3. The quantitative estimate of drug-likeness (QED) is 0.858. The van der Waals surface area contributed by atoms with Crippen LogP contribution in [0.15, 0.2) is 17.0 Å². The minimum Gasteiger partial charge on any atom is -0.492 e. The van der Waals surface area contributed by atoms with Gasteiger partial charge in [-0.2, -0.15) is 5.10 Å². The lowest BCUT2D eigenvalue weighted by molar-refractivity contribution is 0.347. The fourth-order valence-electron chi connectivity index (χ4n) is 3.41. The van der Waals surface area contributed by atoms with Gasteiger partial charge >= 0.3 is 0 Å². The number of benzene rings is 1. The molecule has 0 spiro atoms. The Morgan fingerprint density at radius 1 is 1.38 bits per heavy atom. The molecule has 1 aromatic carbocycles. The van der Waals surface area contributed by atoms with Crippen molar-refractivity contribution in [3.63, 3.8) is 0 Å². The predicted octanol–water partition coefficient (Wildman–Crippen LogP) is 2.80. The molecule has 0 fully saturated rings. The van der Waals surface area contributed by atoms with Crippen molar-refractivity contribution in [2.75, 3.05) is 6.61 Å². The molecule has 0 unspecified atom stereocenters. The lowest BCUT2D eigenvalue weighted by atomic mass is 10.1. The molecular weight excluding hydrogens is 376 g/mol. The summed E-state index contributed by atoms with van der Waals surface area (Å²) in [5.41, 5.74) is 0.826. The van der Waals surface area contributed by atoms with Crippen molar-refractivity contribution in [3.8, 4) is 5.75 Å². The Labute approximate surface area is 157 Å². The summed E-state index contributed by atoms with van der Waals surface area (Å²) in [4.78, 5) is 4.66. The van der Waals surface area contributed by atoms with Crippen molar-refractivity contribution < 1.29 is 13.2 Å². The fraction of sp³-hybridized carbons (Fsp3) is 0.529. The summed E-state index contributed by atoms with van der Waals surface area (Å²) >= 11 is 6.12. The summed E-state index contributed by atoms with van der Waals surface area (Å²) in [5.74, 6) is 2.00. The number of rotatable bonds is 4. The van der Waals surface area contributed by atoms with Crippen LogP contribution in [0.4, 0.5) is 0 Å². The van der Waals surface area contributed by atoms with Crippen LogP contribution in [0.2, 0.25) is 5.02 Å². The lowest BCUT2D eigenvalue weighted by Gasteiger charge is -2.23. The van der Waals surface area contributed by atoms with E-state index < -0.39 is 16.1 Å². The maximum atomic E-state index is 13.1. The first-order valence-corrected chi connectivity index (χ1v) is 10.6. The molecule has 7 nitrogen and oxygen atoms in total. The number of nitrogens with zero attached hydrogens (tertiary/aromatic N) is 3. The molecule has 0 radical (unpaired) electrons. The van der Waals surface area contributed by atoms with E-state index in [0.717, 1.165) is 24.4 Å². The summed E-state index contributed by atoms with van der Waals surface area (Å²) in [5, 5.41) is 4.89. The topological polar surface area (TPSA) is 86.1 Å². The molecule has 0 saturated carbocycles. The van der Waals surface area contributed by atoms with Crippen molar-refractivity contribution >= 4 is 21.6 Å². The first-order valence-electron chi connectivity index (χ1n) is 8.77. The van der Waals surface area contributed by atoms with Gasteiger partial charge in [-0.15, -0.1) is 0 Å². The highest BCUT2D eigenvalue weighted by Gasteiger charge is 2.32. The first-order chi connectivity index (χ1) is 12.3. The van der Waals surface area contributed by atoms with Crippen LogP contribution in [0.25, 0.3) is 0 Å². The molecule has 9 heteroatoms. The SMILES string of the molecule is CC(C)c1nc2n(n1)CCC[C@H]2NS(=O)(=O)c1cc(Cl)cc2c1OCC2. The molecule has 1 aromatic heterocycles. The van der Waals surface area contributed by atoms with Crippen molar-refractivity contribution in [2.45, 2.75) is 56.5 Å². The maximum Gasteiger partial charge on any atom is 0.244 e. The van der Waals surface area contributed by atoms with Crippen LogP contribution in [0.3, 0.4) is 0 Å². The number of aromatic nitrogens is 3. The Morgan fingerprint density at radius 3 is 2.96 bits per heavy atom. The van der Waals surface area contributed by atoms with Gasteiger partial charge in [0.25, 0.3) is 0 Å². The standard InChI is InChI=1S/C17H21ClN4O3S/c1-10(2)16-19-17-13(4-3-6-22(17)20-16)21-26(23,24)14-9-12(18)8-11-5-7-25-15(11)14/h8-10,13,21H,3-7H2,1-2H3/t13-/m1/s1. The Bertz CT molecular complexity index is 955. The molecule has 140 valence electrons. The number of nitrogens with one attached hydrogen (secondary N) is 1. The van der Waals surface area contributed by atoms with Crippen LogP contribution in [-0.4, -0.2) is 29.8 Å². The Hall–Kier alpha value is -1.64. The van der Waals surface area contributed by atoms with Crippen LogP contribution in [0.5, 0.6) is 5.75 Å². The largest absolute Gasteiger partial charge is 0.492 e. The van der Waals surface area contributed by atoms with E-state index in [1.165, 1.54) is 6.07 Å². The molecule has 3 heterocycles. The van der Waals surface area contributed by atoms with Crippen LogP contribution >= 0.6 is 11.6 Å². The molecule has 26 heavy (non-hydrogen) atoms. The summed E-state index contributed by atoms with van der Waals surface area (Å²) in [6, 6.07) is 2.79. The molecule has 1 N–H and O–H groups in total. The minimum atomic E-state index is -3.80. The molecule has 4 rings (SSSR count). The zero-order valence-corrected chi connectivity index (χ0v) is 16.3. The van der Waals surface area contributed by atoms with Crippen molar-refractivity contribution in [2.24, 2.45) is 0 Å². The second kappa shape index (κ2) is 6.51. The van der Waals surface area contributed by atoms with Gasteiger partial charge in [-0.25, -0.2) is 22.8 Å². The maximum absolute atomic E-state index is 13.1. The fourth-order valence-corrected chi connectivity index (χ4v) is 5.16. The molecule has 0 saturated heterocycles. The van der Waals surface area contributed by atoms with E-state index in [1.54, 1.807) is 6.07 Å². The van der Waals surface area contributed by atoms with E-state index >= 15 is 0 Å². The second-order valence-electron chi connectivity index (χ2n) is 7.01. The smallest absolute Gasteiger partial charge is 0.244 e. The van der Waals surface area contributed by atoms with E-state index in [9.17, 15) is 8.42 Å². The minimum absolute atomic E-state index is 0.0956. The number of fused-ring (bicyclic) bond motifs is 2. The molecule has 2 aliphatic heterocycles. The van der Waals surface area contributed by atoms with Gasteiger partial charge in [-0.1, -0.05) is 25.4 Å². The number of aryl methyl sites for hydroxylation is 1. The summed E-state index contributed by atoms with van der Waals surface area (Å²) in [7, 11) is -3.80.